The maximum Gasteiger partial charge on any atom is 0.0897 e. The molecule has 0 aromatic rings. The Bertz CT molecular complexity index is 137. The van der Waals surface area contributed by atoms with Crippen molar-refractivity contribution in [3.05, 3.63) is 0 Å². The summed E-state index contributed by atoms with van der Waals surface area (Å²) < 4.78 is 10.4. The minimum absolute atomic E-state index is 0.391. The van der Waals surface area contributed by atoms with Gasteiger partial charge in [0.1, 0.15) is 0 Å². The molecule has 1 aliphatic rings. The van der Waals surface area contributed by atoms with Crippen LogP contribution in [0, 0.1) is 5.92 Å². The first-order chi connectivity index (χ1) is 6.83. The fraction of sp³-hybridized carbons (Fsp3) is 1.00. The van der Waals surface area contributed by atoms with Gasteiger partial charge in [-0.05, 0) is 19.3 Å². The Balaban J connectivity index is 1.91. The number of rotatable bonds is 7. The van der Waals surface area contributed by atoms with Gasteiger partial charge in [-0.1, -0.05) is 0 Å². The second-order valence-electron chi connectivity index (χ2n) is 3.70. The van der Waals surface area contributed by atoms with Crippen molar-refractivity contribution in [2.45, 2.75) is 19.4 Å². The van der Waals surface area contributed by atoms with Crippen LogP contribution >= 0.6 is 0 Å². The van der Waals surface area contributed by atoms with Crippen LogP contribution in [0.2, 0.25) is 0 Å². The molecule has 84 valence electrons. The third kappa shape index (κ3) is 4.91. The average molecular weight is 203 g/mol. The lowest BCUT2D eigenvalue weighted by Crippen LogP contribution is -2.33. The number of nitrogens with one attached hydrogen (secondary N) is 1. The first-order valence-electron chi connectivity index (χ1n) is 5.37. The second-order valence-corrected chi connectivity index (χ2v) is 3.70. The summed E-state index contributed by atoms with van der Waals surface area (Å²) in [5, 5.41) is 12.7. The number of aliphatic hydroxyl groups is 1. The van der Waals surface area contributed by atoms with Gasteiger partial charge in [0.2, 0.25) is 0 Å². The molecular formula is C10H21NO3. The van der Waals surface area contributed by atoms with E-state index in [-0.39, 0.29) is 0 Å². The van der Waals surface area contributed by atoms with Crippen molar-refractivity contribution in [3.63, 3.8) is 0 Å². The predicted octanol–water partition coefficient (Wildman–Crippen LogP) is 0.00990. The van der Waals surface area contributed by atoms with E-state index in [2.05, 4.69) is 5.32 Å². The Morgan fingerprint density at radius 3 is 3.14 bits per heavy atom. The molecule has 0 spiro atoms. The molecule has 0 aliphatic carbocycles. The highest BCUT2D eigenvalue weighted by Crippen LogP contribution is 2.10. The summed E-state index contributed by atoms with van der Waals surface area (Å²) in [6, 6.07) is 0. The first kappa shape index (κ1) is 11.9. The highest BCUT2D eigenvalue weighted by Gasteiger charge is 2.15. The van der Waals surface area contributed by atoms with Crippen LogP contribution in [0.5, 0.6) is 0 Å². The van der Waals surface area contributed by atoms with E-state index in [9.17, 15) is 5.11 Å². The van der Waals surface area contributed by atoms with E-state index >= 15 is 0 Å². The van der Waals surface area contributed by atoms with Crippen molar-refractivity contribution >= 4 is 0 Å². The van der Waals surface area contributed by atoms with Gasteiger partial charge in [0.25, 0.3) is 0 Å². The normalized spacial score (nSPS) is 24.0. The lowest BCUT2D eigenvalue weighted by atomic mass is 10.1. The molecule has 4 nitrogen and oxygen atoms in total. The van der Waals surface area contributed by atoms with E-state index in [4.69, 9.17) is 9.47 Å². The first-order valence-corrected chi connectivity index (χ1v) is 5.37. The van der Waals surface area contributed by atoms with E-state index < -0.39 is 6.10 Å². The fourth-order valence-corrected chi connectivity index (χ4v) is 1.51. The Hall–Kier alpha value is -0.160. The highest BCUT2D eigenvalue weighted by molar-refractivity contribution is 4.68. The Morgan fingerprint density at radius 1 is 1.64 bits per heavy atom. The molecule has 2 N–H and O–H groups in total. The summed E-state index contributed by atoms with van der Waals surface area (Å²) in [7, 11) is 0. The monoisotopic (exact) mass is 203 g/mol. The van der Waals surface area contributed by atoms with Gasteiger partial charge in [-0.25, -0.2) is 0 Å². The molecule has 1 heterocycles. The van der Waals surface area contributed by atoms with Crippen LogP contribution < -0.4 is 5.32 Å². The molecule has 4 heteroatoms. The van der Waals surface area contributed by atoms with E-state index in [0.717, 1.165) is 26.2 Å². The molecule has 0 aromatic heterocycles. The van der Waals surface area contributed by atoms with Crippen LogP contribution in [0.3, 0.4) is 0 Å². The summed E-state index contributed by atoms with van der Waals surface area (Å²) in [6.07, 6.45) is 0.742. The van der Waals surface area contributed by atoms with Crippen molar-refractivity contribution in [1.82, 2.24) is 5.32 Å². The van der Waals surface area contributed by atoms with Crippen molar-refractivity contribution < 1.29 is 14.6 Å². The van der Waals surface area contributed by atoms with Crippen molar-refractivity contribution in [3.8, 4) is 0 Å². The molecule has 14 heavy (non-hydrogen) atoms. The summed E-state index contributed by atoms with van der Waals surface area (Å²) in [5.74, 6) is 0.620. The lowest BCUT2D eigenvalue weighted by molar-refractivity contribution is 0.0423. The van der Waals surface area contributed by atoms with Gasteiger partial charge in [-0.2, -0.15) is 0 Å². The highest BCUT2D eigenvalue weighted by atomic mass is 16.5. The minimum Gasteiger partial charge on any atom is -0.389 e. The van der Waals surface area contributed by atoms with E-state index in [1.165, 1.54) is 0 Å². The summed E-state index contributed by atoms with van der Waals surface area (Å²) in [6.45, 7) is 6.29. The number of hydrogen-bond donors (Lipinski definition) is 2. The number of ether oxygens (including phenoxy) is 2. The molecule has 0 saturated carbocycles. The van der Waals surface area contributed by atoms with Crippen LogP contribution in [-0.2, 0) is 9.47 Å². The predicted molar refractivity (Wildman–Crippen MR) is 54.3 cm³/mol. The molecule has 1 fully saturated rings. The van der Waals surface area contributed by atoms with Gasteiger partial charge in [-0.3, -0.25) is 0 Å². The average Bonchev–Trinajstić information content (AvgIpc) is 2.67. The number of hydrogen-bond acceptors (Lipinski definition) is 4. The third-order valence-electron chi connectivity index (χ3n) is 2.35. The quantitative estimate of drug-likeness (QED) is 0.612. The summed E-state index contributed by atoms with van der Waals surface area (Å²) in [4.78, 5) is 0. The van der Waals surface area contributed by atoms with Crippen LogP contribution in [-0.4, -0.2) is 50.7 Å². The smallest absolute Gasteiger partial charge is 0.0897 e. The van der Waals surface area contributed by atoms with E-state index in [1.807, 2.05) is 6.92 Å². The van der Waals surface area contributed by atoms with Gasteiger partial charge in [0.15, 0.2) is 0 Å². The largest absolute Gasteiger partial charge is 0.389 e. The van der Waals surface area contributed by atoms with Gasteiger partial charge < -0.3 is 19.9 Å². The maximum atomic E-state index is 9.44. The molecule has 1 saturated heterocycles. The fourth-order valence-electron chi connectivity index (χ4n) is 1.51. The van der Waals surface area contributed by atoms with Crippen LogP contribution in [0.25, 0.3) is 0 Å². The molecule has 0 amide bonds. The summed E-state index contributed by atoms with van der Waals surface area (Å²) in [5.41, 5.74) is 0. The standard InChI is InChI=1S/C10H21NO3/c1-2-13-8-10(12)6-11-5-9-3-4-14-7-9/h9-12H,2-8H2,1H3. The van der Waals surface area contributed by atoms with Crippen molar-refractivity contribution in [2.24, 2.45) is 5.92 Å². The van der Waals surface area contributed by atoms with Crippen molar-refractivity contribution in [1.29, 1.82) is 0 Å². The maximum absolute atomic E-state index is 9.44. The lowest BCUT2D eigenvalue weighted by Gasteiger charge is -2.13. The van der Waals surface area contributed by atoms with E-state index in [1.54, 1.807) is 0 Å². The second kappa shape index (κ2) is 7.17. The minimum atomic E-state index is -0.391. The molecular weight excluding hydrogens is 182 g/mol. The third-order valence-corrected chi connectivity index (χ3v) is 2.35. The van der Waals surface area contributed by atoms with Crippen molar-refractivity contribution in [2.75, 3.05) is 39.5 Å². The Labute approximate surface area is 85.6 Å². The van der Waals surface area contributed by atoms with Gasteiger partial charge >= 0.3 is 0 Å². The topological polar surface area (TPSA) is 50.7 Å². The molecule has 2 unspecified atom stereocenters. The molecule has 0 aromatic carbocycles. The van der Waals surface area contributed by atoms with Crippen LogP contribution in [0.1, 0.15) is 13.3 Å². The SMILES string of the molecule is CCOCC(O)CNCC1CCOC1. The van der Waals surface area contributed by atoms with Gasteiger partial charge in [-0.15, -0.1) is 0 Å². The van der Waals surface area contributed by atoms with Gasteiger partial charge in [0.05, 0.1) is 19.3 Å². The van der Waals surface area contributed by atoms with Gasteiger partial charge in [0, 0.05) is 26.3 Å². The van der Waals surface area contributed by atoms with Crippen LogP contribution in [0.15, 0.2) is 0 Å². The molecule has 1 rings (SSSR count). The molecule has 2 atom stereocenters. The summed E-state index contributed by atoms with van der Waals surface area (Å²) >= 11 is 0. The molecule has 0 bridgehead atoms. The number of aliphatic hydroxyl groups excluding tert-OH is 1. The zero-order valence-electron chi connectivity index (χ0n) is 8.87. The zero-order valence-corrected chi connectivity index (χ0v) is 8.87. The zero-order chi connectivity index (χ0) is 10.2. The Morgan fingerprint density at radius 2 is 2.50 bits per heavy atom. The Kier molecular flexibility index (Phi) is 6.10. The van der Waals surface area contributed by atoms with E-state index in [0.29, 0.717) is 25.7 Å². The molecule has 0 radical (unpaired) electrons. The van der Waals surface area contributed by atoms with Crippen LogP contribution in [0.4, 0.5) is 0 Å². The molecule has 1 aliphatic heterocycles.